The summed E-state index contributed by atoms with van der Waals surface area (Å²) in [5.74, 6) is -1.21. The summed E-state index contributed by atoms with van der Waals surface area (Å²) in [4.78, 5) is 28.7. The monoisotopic (exact) mass is 233 g/mol. The lowest BCUT2D eigenvalue weighted by Crippen LogP contribution is -2.22. The summed E-state index contributed by atoms with van der Waals surface area (Å²) in [6, 6.07) is 5.41. The zero-order chi connectivity index (χ0) is 12.3. The predicted molar refractivity (Wildman–Crippen MR) is 59.2 cm³/mol. The van der Waals surface area contributed by atoms with Gasteiger partial charge in [-0.1, -0.05) is 0 Å². The number of aromatic amines is 1. The molecule has 0 unspecified atom stereocenters. The van der Waals surface area contributed by atoms with Crippen LogP contribution in [0.4, 0.5) is 10.1 Å². The largest absolute Gasteiger partial charge is 0.328 e. The lowest BCUT2D eigenvalue weighted by molar-refractivity contribution is 0.102. The molecule has 0 spiro atoms. The van der Waals surface area contributed by atoms with Gasteiger partial charge < -0.3 is 10.3 Å². The summed E-state index contributed by atoms with van der Waals surface area (Å²) in [6.45, 7) is 0. The number of hydrogen-bond acceptors (Lipinski definition) is 3. The molecule has 0 radical (unpaired) electrons. The Labute approximate surface area is 95.3 Å². The van der Waals surface area contributed by atoms with Crippen molar-refractivity contribution in [2.75, 3.05) is 5.32 Å². The van der Waals surface area contributed by atoms with Gasteiger partial charge in [0.05, 0.1) is 11.9 Å². The minimum absolute atomic E-state index is 0.0168. The third-order valence-corrected chi connectivity index (χ3v) is 2.05. The third-order valence-electron chi connectivity index (χ3n) is 2.05. The van der Waals surface area contributed by atoms with E-state index < -0.39 is 17.4 Å². The van der Waals surface area contributed by atoms with E-state index in [-0.39, 0.29) is 5.56 Å². The van der Waals surface area contributed by atoms with Gasteiger partial charge in [-0.05, 0) is 24.3 Å². The highest BCUT2D eigenvalue weighted by atomic mass is 19.1. The molecule has 0 saturated carbocycles. The first-order valence-corrected chi connectivity index (χ1v) is 4.77. The van der Waals surface area contributed by atoms with E-state index >= 15 is 0 Å². The van der Waals surface area contributed by atoms with Crippen molar-refractivity contribution in [2.45, 2.75) is 0 Å². The van der Waals surface area contributed by atoms with Crippen LogP contribution in [0.25, 0.3) is 0 Å². The molecular weight excluding hydrogens is 225 g/mol. The Kier molecular flexibility index (Phi) is 2.95. The van der Waals surface area contributed by atoms with Crippen molar-refractivity contribution in [3.8, 4) is 0 Å². The van der Waals surface area contributed by atoms with E-state index in [9.17, 15) is 14.0 Å². The first kappa shape index (κ1) is 11.0. The van der Waals surface area contributed by atoms with Gasteiger partial charge in [0.1, 0.15) is 5.56 Å². The molecule has 0 aliphatic carbocycles. The molecule has 2 heterocycles. The summed E-state index contributed by atoms with van der Waals surface area (Å²) >= 11 is 0. The molecule has 0 bridgehead atoms. The fraction of sp³-hybridized carbons (Fsp3) is 0. The molecular formula is C11H8FN3O2. The number of pyridine rings is 2. The number of rotatable bonds is 2. The van der Waals surface area contributed by atoms with Crippen molar-refractivity contribution in [1.82, 2.24) is 9.97 Å². The van der Waals surface area contributed by atoms with Crippen LogP contribution in [-0.4, -0.2) is 15.9 Å². The zero-order valence-electron chi connectivity index (χ0n) is 8.61. The van der Waals surface area contributed by atoms with Crippen LogP contribution in [0.1, 0.15) is 10.4 Å². The van der Waals surface area contributed by atoms with Gasteiger partial charge in [-0.2, -0.15) is 4.39 Å². The molecule has 0 aliphatic heterocycles. The number of halogens is 1. The highest BCUT2D eigenvalue weighted by Gasteiger charge is 2.09. The molecule has 0 aliphatic rings. The lowest BCUT2D eigenvalue weighted by atomic mass is 10.2. The molecule has 2 N–H and O–H groups in total. The maximum absolute atomic E-state index is 12.5. The van der Waals surface area contributed by atoms with Crippen LogP contribution in [0.2, 0.25) is 0 Å². The van der Waals surface area contributed by atoms with Crippen LogP contribution in [0.5, 0.6) is 0 Å². The fourth-order valence-electron chi connectivity index (χ4n) is 1.25. The smallest absolute Gasteiger partial charge is 0.261 e. The number of carbonyl (C=O) groups is 1. The Hall–Kier alpha value is -2.50. The number of nitrogens with zero attached hydrogens (tertiary/aromatic N) is 1. The first-order chi connectivity index (χ1) is 8.16. The second-order valence-electron chi connectivity index (χ2n) is 3.24. The van der Waals surface area contributed by atoms with Gasteiger partial charge in [0.25, 0.3) is 11.5 Å². The van der Waals surface area contributed by atoms with Crippen molar-refractivity contribution >= 4 is 11.6 Å². The van der Waals surface area contributed by atoms with Gasteiger partial charge in [-0.15, -0.1) is 0 Å². The average molecular weight is 233 g/mol. The number of carbonyl (C=O) groups excluding carboxylic acids is 1. The number of anilines is 1. The molecule has 0 saturated heterocycles. The quantitative estimate of drug-likeness (QED) is 0.764. The van der Waals surface area contributed by atoms with Crippen LogP contribution in [-0.2, 0) is 0 Å². The van der Waals surface area contributed by atoms with Crippen LogP contribution in [0, 0.1) is 5.95 Å². The van der Waals surface area contributed by atoms with Crippen molar-refractivity contribution in [1.29, 1.82) is 0 Å². The molecule has 2 aromatic heterocycles. The van der Waals surface area contributed by atoms with Gasteiger partial charge in [-0.25, -0.2) is 4.98 Å². The molecule has 6 heteroatoms. The van der Waals surface area contributed by atoms with Gasteiger partial charge >= 0.3 is 0 Å². The fourth-order valence-corrected chi connectivity index (χ4v) is 1.25. The lowest BCUT2D eigenvalue weighted by Gasteiger charge is -2.03. The van der Waals surface area contributed by atoms with Crippen molar-refractivity contribution in [3.63, 3.8) is 0 Å². The first-order valence-electron chi connectivity index (χ1n) is 4.77. The summed E-state index contributed by atoms with van der Waals surface area (Å²) in [5, 5.41) is 2.44. The summed E-state index contributed by atoms with van der Waals surface area (Å²) in [6.07, 6.45) is 2.60. The highest BCUT2D eigenvalue weighted by molar-refractivity contribution is 6.03. The molecule has 2 rings (SSSR count). The average Bonchev–Trinajstić information content (AvgIpc) is 2.32. The second-order valence-corrected chi connectivity index (χ2v) is 3.24. The molecule has 5 nitrogen and oxygen atoms in total. The molecule has 86 valence electrons. The van der Waals surface area contributed by atoms with Crippen molar-refractivity contribution < 1.29 is 9.18 Å². The standard InChI is InChI=1S/C11H8FN3O2/c12-9-4-3-7(6-14-9)15-11(17)8-2-1-5-13-10(8)16/h1-6H,(H,13,16)(H,15,17). The minimum Gasteiger partial charge on any atom is -0.328 e. The molecule has 0 atom stereocenters. The van der Waals surface area contributed by atoms with Crippen LogP contribution < -0.4 is 10.9 Å². The number of H-pyrrole nitrogens is 1. The summed E-state index contributed by atoms with van der Waals surface area (Å²) in [5.41, 5.74) is -0.184. The number of amides is 1. The molecule has 17 heavy (non-hydrogen) atoms. The Balaban J connectivity index is 2.20. The van der Waals surface area contributed by atoms with Gasteiger partial charge in [0.15, 0.2) is 0 Å². The van der Waals surface area contributed by atoms with Crippen LogP contribution in [0.3, 0.4) is 0 Å². The Morgan fingerprint density at radius 2 is 2.18 bits per heavy atom. The van der Waals surface area contributed by atoms with Crippen LogP contribution in [0.15, 0.2) is 41.5 Å². The zero-order valence-corrected chi connectivity index (χ0v) is 8.61. The van der Waals surface area contributed by atoms with Crippen LogP contribution >= 0.6 is 0 Å². The predicted octanol–water partition coefficient (Wildman–Crippen LogP) is 1.16. The number of hydrogen-bond donors (Lipinski definition) is 2. The van der Waals surface area contributed by atoms with E-state index in [1.165, 1.54) is 24.5 Å². The minimum atomic E-state index is -0.638. The molecule has 0 fully saturated rings. The van der Waals surface area contributed by atoms with E-state index in [0.717, 1.165) is 6.07 Å². The normalized spacial score (nSPS) is 9.94. The maximum atomic E-state index is 12.5. The highest BCUT2D eigenvalue weighted by Crippen LogP contribution is 2.06. The van der Waals surface area contributed by atoms with E-state index in [4.69, 9.17) is 0 Å². The Bertz CT molecular complexity index is 592. The number of aromatic nitrogens is 2. The molecule has 1 amide bonds. The number of nitrogens with one attached hydrogen (secondary N) is 2. The SMILES string of the molecule is O=C(Nc1ccc(F)nc1)c1ccc[nH]c1=O. The molecule has 0 aromatic carbocycles. The maximum Gasteiger partial charge on any atom is 0.261 e. The van der Waals surface area contributed by atoms with E-state index in [1.807, 2.05) is 0 Å². The molecule has 2 aromatic rings. The summed E-state index contributed by atoms with van der Waals surface area (Å²) in [7, 11) is 0. The summed E-state index contributed by atoms with van der Waals surface area (Å²) < 4.78 is 12.5. The van der Waals surface area contributed by atoms with Crippen molar-refractivity contribution in [2.24, 2.45) is 0 Å². The van der Waals surface area contributed by atoms with Gasteiger partial charge in [-0.3, -0.25) is 9.59 Å². The second kappa shape index (κ2) is 4.56. The van der Waals surface area contributed by atoms with E-state index in [1.54, 1.807) is 6.07 Å². The topological polar surface area (TPSA) is 74.8 Å². The van der Waals surface area contributed by atoms with E-state index in [2.05, 4.69) is 15.3 Å². The van der Waals surface area contributed by atoms with E-state index in [0.29, 0.717) is 5.69 Å². The van der Waals surface area contributed by atoms with Gasteiger partial charge in [0, 0.05) is 6.20 Å². The Morgan fingerprint density at radius 3 is 2.82 bits per heavy atom. The van der Waals surface area contributed by atoms with Gasteiger partial charge in [0.2, 0.25) is 5.95 Å². The van der Waals surface area contributed by atoms with Crippen molar-refractivity contribution in [3.05, 3.63) is 58.5 Å². The Morgan fingerprint density at radius 1 is 1.35 bits per heavy atom. The third kappa shape index (κ3) is 2.54.